The van der Waals surface area contributed by atoms with Crippen LogP contribution in [0, 0.1) is 6.92 Å². The fraction of sp³-hybridized carbons (Fsp3) is 0.389. The van der Waals surface area contributed by atoms with Crippen LogP contribution >= 0.6 is 0 Å². The molecule has 0 spiro atoms. The van der Waals surface area contributed by atoms with Crippen molar-refractivity contribution in [3.05, 3.63) is 46.8 Å². The number of hydrogen-bond donors (Lipinski definition) is 1. The summed E-state index contributed by atoms with van der Waals surface area (Å²) in [6.07, 6.45) is 0.568. The zero-order valence-corrected chi connectivity index (χ0v) is 13.8. The minimum Gasteiger partial charge on any atom is -0.478 e. The molecule has 0 aliphatic rings. The van der Waals surface area contributed by atoms with E-state index in [0.29, 0.717) is 23.6 Å². The third-order valence-electron chi connectivity index (χ3n) is 3.72. The lowest BCUT2D eigenvalue weighted by Crippen LogP contribution is -2.11. The minimum absolute atomic E-state index is 0.0943. The number of aryl methyl sites for hydroxylation is 2. The number of rotatable bonds is 3. The smallest absolute Gasteiger partial charge is 0.339 e. The third kappa shape index (κ3) is 3.16. The number of carbonyl (C=O) groups is 1. The lowest BCUT2D eigenvalue weighted by Gasteiger charge is -2.19. The third-order valence-corrected chi connectivity index (χ3v) is 3.72. The summed E-state index contributed by atoms with van der Waals surface area (Å²) in [6, 6.07) is 8.14. The van der Waals surface area contributed by atoms with Crippen LogP contribution in [0.3, 0.4) is 0 Å². The van der Waals surface area contributed by atoms with Crippen LogP contribution in [0.1, 0.15) is 55.0 Å². The van der Waals surface area contributed by atoms with Crippen molar-refractivity contribution in [2.24, 2.45) is 0 Å². The van der Waals surface area contributed by atoms with Crippen LogP contribution in [0.5, 0.6) is 0 Å². The lowest BCUT2D eigenvalue weighted by atomic mass is 9.86. The van der Waals surface area contributed by atoms with E-state index in [1.165, 1.54) is 5.56 Å². The number of nitrogens with zero attached hydrogens (tertiary/aromatic N) is 2. The first-order chi connectivity index (χ1) is 10.2. The number of aromatic carboxylic acids is 1. The Kier molecular flexibility index (Phi) is 4.31. The Balaban J connectivity index is 2.50. The molecule has 0 aliphatic heterocycles. The maximum absolute atomic E-state index is 11.3. The SMILES string of the molecule is CCc1nc(-c2ccc(C(C)(C)C)cc2)nc(C)c1C(=O)O. The van der Waals surface area contributed by atoms with Gasteiger partial charge in [0.05, 0.1) is 11.4 Å². The molecule has 0 atom stereocenters. The summed E-state index contributed by atoms with van der Waals surface area (Å²) < 4.78 is 0. The van der Waals surface area contributed by atoms with Gasteiger partial charge >= 0.3 is 5.97 Å². The second-order valence-corrected chi connectivity index (χ2v) is 6.44. The lowest BCUT2D eigenvalue weighted by molar-refractivity contribution is 0.0694. The van der Waals surface area contributed by atoms with Gasteiger partial charge in [0.25, 0.3) is 0 Å². The Bertz CT molecular complexity index is 698. The highest BCUT2D eigenvalue weighted by molar-refractivity contribution is 5.90. The van der Waals surface area contributed by atoms with Crippen LogP contribution in [0.2, 0.25) is 0 Å². The molecule has 0 fully saturated rings. The highest BCUT2D eigenvalue weighted by atomic mass is 16.4. The Hall–Kier alpha value is -2.23. The van der Waals surface area contributed by atoms with Crippen LogP contribution < -0.4 is 0 Å². The normalized spacial score (nSPS) is 11.5. The zero-order chi connectivity index (χ0) is 16.5. The summed E-state index contributed by atoms with van der Waals surface area (Å²) in [5, 5.41) is 9.28. The minimum atomic E-state index is -0.969. The second-order valence-electron chi connectivity index (χ2n) is 6.44. The number of carboxylic acid groups (broad SMARTS) is 1. The molecule has 2 rings (SSSR count). The van der Waals surface area contributed by atoms with Gasteiger partial charge in [0.2, 0.25) is 0 Å². The van der Waals surface area contributed by atoms with Gasteiger partial charge < -0.3 is 5.11 Å². The molecule has 0 saturated carbocycles. The van der Waals surface area contributed by atoms with E-state index < -0.39 is 5.97 Å². The van der Waals surface area contributed by atoms with E-state index in [-0.39, 0.29) is 11.0 Å². The number of hydrogen-bond acceptors (Lipinski definition) is 3. The topological polar surface area (TPSA) is 63.1 Å². The summed E-state index contributed by atoms with van der Waals surface area (Å²) in [4.78, 5) is 20.1. The maximum atomic E-state index is 11.3. The summed E-state index contributed by atoms with van der Waals surface area (Å²) in [5.74, 6) is -0.385. The molecule has 0 bridgehead atoms. The fourth-order valence-electron chi connectivity index (χ4n) is 2.41. The fourth-order valence-corrected chi connectivity index (χ4v) is 2.41. The highest BCUT2D eigenvalue weighted by Gasteiger charge is 2.18. The molecule has 0 amide bonds. The number of carboxylic acids is 1. The van der Waals surface area contributed by atoms with E-state index in [1.54, 1.807) is 6.92 Å². The van der Waals surface area contributed by atoms with Gasteiger partial charge in [-0.15, -0.1) is 0 Å². The van der Waals surface area contributed by atoms with Crippen LogP contribution in [0.15, 0.2) is 24.3 Å². The van der Waals surface area contributed by atoms with Crippen molar-refractivity contribution in [1.82, 2.24) is 9.97 Å². The zero-order valence-electron chi connectivity index (χ0n) is 13.8. The first kappa shape index (κ1) is 16.1. The van der Waals surface area contributed by atoms with E-state index in [9.17, 15) is 9.90 Å². The van der Waals surface area contributed by atoms with Gasteiger partial charge in [0.1, 0.15) is 5.56 Å². The molecule has 0 aliphatic carbocycles. The standard InChI is InChI=1S/C18H22N2O2/c1-6-14-15(17(21)22)11(2)19-16(20-14)12-7-9-13(10-8-12)18(3,4)5/h7-10H,6H2,1-5H3,(H,21,22). The first-order valence-corrected chi connectivity index (χ1v) is 7.45. The van der Waals surface area contributed by atoms with Gasteiger partial charge in [-0.1, -0.05) is 52.0 Å². The highest BCUT2D eigenvalue weighted by Crippen LogP contribution is 2.25. The Labute approximate surface area is 131 Å². The molecule has 2 aromatic rings. The maximum Gasteiger partial charge on any atom is 0.339 e. The van der Waals surface area contributed by atoms with Crippen LogP contribution in [-0.4, -0.2) is 21.0 Å². The summed E-state index contributed by atoms with van der Waals surface area (Å²) >= 11 is 0. The van der Waals surface area contributed by atoms with Crippen molar-refractivity contribution in [3.8, 4) is 11.4 Å². The molecule has 0 radical (unpaired) electrons. The molecular weight excluding hydrogens is 276 g/mol. The molecule has 1 heterocycles. The van der Waals surface area contributed by atoms with Crippen LogP contribution in [0.25, 0.3) is 11.4 Å². The molecule has 1 aromatic heterocycles. The van der Waals surface area contributed by atoms with E-state index >= 15 is 0 Å². The van der Waals surface area contributed by atoms with Gasteiger partial charge in [-0.05, 0) is 24.3 Å². The largest absolute Gasteiger partial charge is 0.478 e. The Morgan fingerprint density at radius 1 is 1.14 bits per heavy atom. The van der Waals surface area contributed by atoms with Gasteiger partial charge in [-0.3, -0.25) is 0 Å². The molecule has 4 nitrogen and oxygen atoms in total. The van der Waals surface area contributed by atoms with Crippen molar-refractivity contribution in [2.75, 3.05) is 0 Å². The summed E-state index contributed by atoms with van der Waals surface area (Å²) in [7, 11) is 0. The van der Waals surface area contributed by atoms with Gasteiger partial charge in [0, 0.05) is 5.56 Å². The molecule has 1 N–H and O–H groups in total. The van der Waals surface area contributed by atoms with Gasteiger partial charge in [-0.2, -0.15) is 0 Å². The van der Waals surface area contributed by atoms with E-state index in [1.807, 2.05) is 19.1 Å². The predicted octanol–water partition coefficient (Wildman–Crippen LogP) is 4.01. The first-order valence-electron chi connectivity index (χ1n) is 7.45. The van der Waals surface area contributed by atoms with Crippen molar-refractivity contribution in [3.63, 3.8) is 0 Å². The molecular formula is C18H22N2O2. The van der Waals surface area contributed by atoms with E-state index in [0.717, 1.165) is 5.56 Å². The Morgan fingerprint density at radius 2 is 1.73 bits per heavy atom. The van der Waals surface area contributed by atoms with Crippen molar-refractivity contribution in [2.45, 2.75) is 46.5 Å². The van der Waals surface area contributed by atoms with E-state index in [4.69, 9.17) is 0 Å². The van der Waals surface area contributed by atoms with Crippen LogP contribution in [-0.2, 0) is 11.8 Å². The summed E-state index contributed by atoms with van der Waals surface area (Å²) in [6.45, 7) is 10.1. The number of benzene rings is 1. The number of aromatic nitrogens is 2. The van der Waals surface area contributed by atoms with Gasteiger partial charge in [-0.25, -0.2) is 14.8 Å². The van der Waals surface area contributed by atoms with Crippen molar-refractivity contribution in [1.29, 1.82) is 0 Å². The Morgan fingerprint density at radius 3 is 2.18 bits per heavy atom. The average molecular weight is 298 g/mol. The molecule has 0 saturated heterocycles. The van der Waals surface area contributed by atoms with E-state index in [2.05, 4.69) is 42.9 Å². The molecule has 0 unspecified atom stereocenters. The van der Waals surface area contributed by atoms with Gasteiger partial charge in [0.15, 0.2) is 5.82 Å². The average Bonchev–Trinajstić information content (AvgIpc) is 2.45. The quantitative estimate of drug-likeness (QED) is 0.930. The monoisotopic (exact) mass is 298 g/mol. The molecule has 22 heavy (non-hydrogen) atoms. The summed E-state index contributed by atoms with van der Waals surface area (Å²) in [5.41, 5.74) is 3.55. The molecule has 4 heteroatoms. The van der Waals surface area contributed by atoms with Crippen molar-refractivity contribution >= 4 is 5.97 Å². The predicted molar refractivity (Wildman–Crippen MR) is 87.2 cm³/mol. The second kappa shape index (κ2) is 5.87. The van der Waals surface area contributed by atoms with Crippen molar-refractivity contribution < 1.29 is 9.90 Å². The molecule has 116 valence electrons. The molecule has 1 aromatic carbocycles. The van der Waals surface area contributed by atoms with Crippen LogP contribution in [0.4, 0.5) is 0 Å².